The zero-order valence-corrected chi connectivity index (χ0v) is 31.4. The molecule has 0 N–H and O–H groups in total. The Balaban J connectivity index is 0.000000177. The van der Waals surface area contributed by atoms with Gasteiger partial charge in [-0.05, 0) is 12.1 Å². The van der Waals surface area contributed by atoms with Crippen LogP contribution >= 0.6 is 0 Å². The van der Waals surface area contributed by atoms with Gasteiger partial charge in [0, 0.05) is 38.7 Å². The molecule has 0 bridgehead atoms. The molecule has 0 aliphatic carbocycles. The van der Waals surface area contributed by atoms with Gasteiger partial charge in [-0.1, -0.05) is 36.1 Å². The second-order valence-corrected chi connectivity index (χ2v) is 23.4. The molecule has 1 radical (unpaired) electrons. The van der Waals surface area contributed by atoms with Crippen LogP contribution in [0.4, 0.5) is 0 Å². The Hall–Kier alpha value is -3.58. The van der Waals surface area contributed by atoms with E-state index in [-0.39, 0.29) is 20.1 Å². The average molecular weight is 832 g/mol. The number of imidazole rings is 1. The van der Waals surface area contributed by atoms with E-state index in [0.717, 1.165) is 67.6 Å². The van der Waals surface area contributed by atoms with Gasteiger partial charge in [0.25, 0.3) is 0 Å². The van der Waals surface area contributed by atoms with Gasteiger partial charge in [-0.25, -0.2) is 0 Å². The Bertz CT molecular complexity index is 2090. The van der Waals surface area contributed by atoms with Crippen molar-refractivity contribution in [3.63, 3.8) is 0 Å². The summed E-state index contributed by atoms with van der Waals surface area (Å²) >= 11 is -1.86. The molecule has 7 heteroatoms. The third-order valence-corrected chi connectivity index (χ3v) is 12.3. The van der Waals surface area contributed by atoms with Gasteiger partial charge >= 0.3 is 126 Å². The molecular formula is C38H38GeIrN4O-2. The quantitative estimate of drug-likeness (QED) is 0.129. The van der Waals surface area contributed by atoms with Crippen molar-refractivity contribution in [2.45, 2.75) is 44.5 Å². The zero-order chi connectivity index (χ0) is 31.0. The molecule has 0 fully saturated rings. The van der Waals surface area contributed by atoms with Crippen LogP contribution in [0.3, 0.4) is 0 Å². The minimum absolute atomic E-state index is 0. The van der Waals surface area contributed by atoms with Crippen molar-refractivity contribution in [3.8, 4) is 22.6 Å². The molecule has 0 saturated heterocycles. The summed E-state index contributed by atoms with van der Waals surface area (Å²) in [6.45, 7) is 6.66. The van der Waals surface area contributed by atoms with Gasteiger partial charge in [0.1, 0.15) is 5.58 Å². The second kappa shape index (κ2) is 13.4. The summed E-state index contributed by atoms with van der Waals surface area (Å²) in [5, 5.41) is 2.25. The van der Waals surface area contributed by atoms with E-state index in [1.54, 1.807) is 10.6 Å². The van der Waals surface area contributed by atoms with Gasteiger partial charge < -0.3 is 8.98 Å². The van der Waals surface area contributed by atoms with Crippen LogP contribution in [0.5, 0.6) is 0 Å². The maximum atomic E-state index is 6.17. The molecule has 0 amide bonds. The van der Waals surface area contributed by atoms with E-state index in [9.17, 15) is 0 Å². The van der Waals surface area contributed by atoms with Gasteiger partial charge in [0.15, 0.2) is 0 Å². The van der Waals surface area contributed by atoms with Crippen LogP contribution in [0.1, 0.15) is 25.0 Å². The minimum Gasteiger partial charge on any atom is -0.501 e. The molecule has 0 spiro atoms. The first kappa shape index (κ1) is 32.8. The smallest absolute Gasteiger partial charge is 0.120 e. The van der Waals surface area contributed by atoms with E-state index in [1.807, 2.05) is 66.3 Å². The molecule has 0 atom stereocenters. The molecule has 7 aromatic rings. The van der Waals surface area contributed by atoms with Crippen LogP contribution in [-0.4, -0.2) is 32.8 Å². The molecule has 7 rings (SSSR count). The summed E-state index contributed by atoms with van der Waals surface area (Å²) in [5.41, 5.74) is 9.30. The van der Waals surface area contributed by atoms with Crippen molar-refractivity contribution >= 4 is 50.6 Å². The van der Waals surface area contributed by atoms with Gasteiger partial charge in [-0.3, -0.25) is 9.97 Å². The van der Waals surface area contributed by atoms with Crippen molar-refractivity contribution in [3.05, 3.63) is 109 Å². The third kappa shape index (κ3) is 6.69. The Labute approximate surface area is 281 Å². The summed E-state index contributed by atoms with van der Waals surface area (Å²) in [5.74, 6) is 8.83. The normalized spacial score (nSPS) is 11.6. The van der Waals surface area contributed by atoms with Crippen LogP contribution in [0.25, 0.3) is 55.6 Å². The number of furan rings is 1. The molecule has 4 heterocycles. The predicted molar refractivity (Wildman–Crippen MR) is 185 cm³/mol. The van der Waals surface area contributed by atoms with Crippen LogP contribution in [0.2, 0.25) is 17.3 Å². The van der Waals surface area contributed by atoms with E-state index in [4.69, 9.17) is 14.4 Å². The molecule has 0 aliphatic rings. The third-order valence-electron chi connectivity index (χ3n) is 7.97. The fourth-order valence-electron chi connectivity index (χ4n) is 5.84. The number of hydrogen-bond donors (Lipinski definition) is 0. The predicted octanol–water partition coefficient (Wildman–Crippen LogP) is 8.93. The van der Waals surface area contributed by atoms with Crippen LogP contribution in [-0.2, 0) is 33.6 Å². The molecule has 231 valence electrons. The van der Waals surface area contributed by atoms with Crippen molar-refractivity contribution < 1.29 is 24.5 Å². The summed E-state index contributed by atoms with van der Waals surface area (Å²) in [6, 6.07) is 29.1. The Morgan fingerprint density at radius 2 is 1.76 bits per heavy atom. The van der Waals surface area contributed by atoms with Crippen molar-refractivity contribution in [2.75, 3.05) is 0 Å². The fraction of sp³-hybridized carbons (Fsp3) is 0.237. The first-order valence-electron chi connectivity index (χ1n) is 15.2. The van der Waals surface area contributed by atoms with E-state index in [1.165, 1.54) is 5.56 Å². The molecule has 3 aromatic carbocycles. The average Bonchev–Trinajstić information content (AvgIpc) is 3.56. The first-order chi connectivity index (χ1) is 21.1. The number of hydrogen-bond acceptors (Lipinski definition) is 4. The molecule has 0 unspecified atom stereocenters. The number of rotatable bonds is 5. The number of para-hydroxylation sites is 1. The molecule has 0 saturated carbocycles. The van der Waals surface area contributed by atoms with E-state index in [2.05, 4.69) is 79.6 Å². The topological polar surface area (TPSA) is 56.7 Å². The summed E-state index contributed by atoms with van der Waals surface area (Å²) in [4.78, 5) is 13.7. The van der Waals surface area contributed by atoms with E-state index in [0.29, 0.717) is 5.92 Å². The van der Waals surface area contributed by atoms with E-state index < -0.39 is 13.3 Å². The molecular weight excluding hydrogens is 793 g/mol. The molecule has 4 aromatic heterocycles. The van der Waals surface area contributed by atoms with Gasteiger partial charge in [0.2, 0.25) is 0 Å². The number of fused-ring (bicyclic) bond motifs is 4. The number of aromatic nitrogens is 4. The van der Waals surface area contributed by atoms with Crippen LogP contribution < -0.4 is 4.40 Å². The van der Waals surface area contributed by atoms with Gasteiger partial charge in [-0.2, -0.15) is 0 Å². The standard InChI is InChI=1S/C20H14N3O.C18H24GeN.Ir/c1-12-7-8-14(19-18(12)13-5-3-4-6-17(13)24-19)20-22-15-9-10-21-11-16(15)23(20)2;1-14(2)11-16-12-18(15-9-7-6-8-10-15)20-13-17(16)19(3,4)5;/h3-7,9-11H,1-2H3;6-9,12-14H,11H2,1-5H3;/q2*-1;. The minimum atomic E-state index is -1.86. The van der Waals surface area contributed by atoms with Gasteiger partial charge in [-0.15, -0.1) is 17.7 Å². The SMILES string of the molecule is CC(C)Cc1cc(-c2[c-]cccc2)nc[c]1[Ge]([CH3])([CH3])[CH3].Cc1c[c-]c(-c2nc3ccncc3n2C)c2oc3ccccc3c12.[Ir]. The van der Waals surface area contributed by atoms with Crippen LogP contribution in [0, 0.1) is 25.0 Å². The van der Waals surface area contributed by atoms with Crippen molar-refractivity contribution in [1.82, 2.24) is 19.5 Å². The number of benzene rings is 3. The Morgan fingerprint density at radius 3 is 2.47 bits per heavy atom. The molecule has 5 nitrogen and oxygen atoms in total. The largest absolute Gasteiger partial charge is 0.501 e. The fourth-order valence-corrected chi connectivity index (χ4v) is 9.17. The first-order valence-corrected chi connectivity index (χ1v) is 22.5. The second-order valence-electron chi connectivity index (χ2n) is 12.9. The Kier molecular flexibility index (Phi) is 9.78. The number of aryl methyl sites for hydroxylation is 2. The van der Waals surface area contributed by atoms with Crippen molar-refractivity contribution in [1.29, 1.82) is 0 Å². The number of nitrogens with zero attached hydrogens (tertiary/aromatic N) is 4. The molecule has 45 heavy (non-hydrogen) atoms. The summed E-state index contributed by atoms with van der Waals surface area (Å²) in [6.07, 6.45) is 6.86. The maximum Gasteiger partial charge on any atom is 0.120 e. The van der Waals surface area contributed by atoms with Crippen molar-refractivity contribution in [2.24, 2.45) is 13.0 Å². The summed E-state index contributed by atoms with van der Waals surface area (Å²) < 4.78 is 9.75. The Morgan fingerprint density at radius 1 is 0.978 bits per heavy atom. The maximum absolute atomic E-state index is 6.17. The summed E-state index contributed by atoms with van der Waals surface area (Å²) in [7, 11) is 1.99. The monoisotopic (exact) mass is 833 g/mol. The van der Waals surface area contributed by atoms with Gasteiger partial charge in [0.05, 0.1) is 28.6 Å². The van der Waals surface area contributed by atoms with E-state index >= 15 is 0 Å². The zero-order valence-electron chi connectivity index (χ0n) is 26.9. The van der Waals surface area contributed by atoms with Crippen LogP contribution in [0.15, 0.2) is 89.7 Å². The molecule has 0 aliphatic heterocycles. The number of pyridine rings is 2.